The van der Waals surface area contributed by atoms with Crippen molar-refractivity contribution in [3.05, 3.63) is 58.6 Å². The molecule has 1 atom stereocenters. The Balaban J connectivity index is 2.32. The minimum atomic E-state index is -4.78. The Labute approximate surface area is 196 Å². The molecule has 2 aromatic rings. The zero-order valence-corrected chi connectivity index (χ0v) is 20.2. The Hall–Kier alpha value is -2.46. The number of carbonyl (C=O) groups excluding carboxylic acids is 1. The van der Waals surface area contributed by atoms with E-state index in [1.165, 1.54) is 7.11 Å². The van der Waals surface area contributed by atoms with Crippen molar-refractivity contribution in [2.45, 2.75) is 32.5 Å². The second-order valence-corrected chi connectivity index (χ2v) is 10.3. The van der Waals surface area contributed by atoms with Crippen LogP contribution in [0.5, 0.6) is 5.75 Å². The smallest absolute Gasteiger partial charge is 0.417 e. The molecule has 2 aromatic carbocycles. The van der Waals surface area contributed by atoms with Crippen molar-refractivity contribution in [2.75, 3.05) is 24.2 Å². The van der Waals surface area contributed by atoms with Gasteiger partial charge in [0.25, 0.3) is 0 Å². The van der Waals surface area contributed by atoms with Crippen molar-refractivity contribution >= 4 is 33.2 Å². The molecule has 0 aliphatic heterocycles. The minimum absolute atomic E-state index is 0.203. The Morgan fingerprint density at radius 1 is 1.15 bits per heavy atom. The summed E-state index contributed by atoms with van der Waals surface area (Å²) in [6.07, 6.45) is -3.40. The topological polar surface area (TPSA) is 75.7 Å². The molecule has 2 rings (SSSR count). The van der Waals surface area contributed by atoms with E-state index < -0.39 is 45.3 Å². The molecule has 33 heavy (non-hydrogen) atoms. The van der Waals surface area contributed by atoms with E-state index >= 15 is 0 Å². The lowest BCUT2D eigenvalue weighted by molar-refractivity contribution is -0.137. The lowest BCUT2D eigenvalue weighted by Crippen LogP contribution is -2.42. The van der Waals surface area contributed by atoms with Crippen LogP contribution in [-0.2, 0) is 21.0 Å². The van der Waals surface area contributed by atoms with Gasteiger partial charge in [-0.1, -0.05) is 37.6 Å². The van der Waals surface area contributed by atoms with Gasteiger partial charge in [0, 0.05) is 0 Å². The molecule has 0 aromatic heterocycles. The van der Waals surface area contributed by atoms with Gasteiger partial charge in [-0.25, -0.2) is 8.42 Å². The highest BCUT2D eigenvalue weighted by Crippen LogP contribution is 2.37. The Bertz CT molecular complexity index is 1070. The van der Waals surface area contributed by atoms with Gasteiger partial charge in [-0.3, -0.25) is 9.10 Å². The molecule has 11 heteroatoms. The van der Waals surface area contributed by atoms with Crippen molar-refractivity contribution in [2.24, 2.45) is 5.92 Å². The Morgan fingerprint density at radius 3 is 2.24 bits per heavy atom. The van der Waals surface area contributed by atoms with Gasteiger partial charge in [0.2, 0.25) is 15.9 Å². The molecule has 0 saturated heterocycles. The van der Waals surface area contributed by atoms with Gasteiger partial charge in [0.1, 0.15) is 12.3 Å². The van der Waals surface area contributed by atoms with Gasteiger partial charge < -0.3 is 10.1 Å². The minimum Gasteiger partial charge on any atom is -0.497 e. The zero-order chi connectivity index (χ0) is 25.0. The van der Waals surface area contributed by atoms with Crippen LogP contribution in [0.15, 0.2) is 42.5 Å². The SMILES string of the molecule is COc1ccc([C@H](CC(C)C)NC(=O)CN(c2ccc(Cl)c(C(F)(F)F)c2)S(C)(=O)=O)cc1. The lowest BCUT2D eigenvalue weighted by atomic mass is 9.97. The number of amides is 1. The number of alkyl halides is 3. The predicted molar refractivity (Wildman–Crippen MR) is 122 cm³/mol. The van der Waals surface area contributed by atoms with Gasteiger partial charge in [0.15, 0.2) is 0 Å². The molecule has 0 aliphatic carbocycles. The number of rotatable bonds is 9. The van der Waals surface area contributed by atoms with Gasteiger partial charge >= 0.3 is 6.18 Å². The number of hydrogen-bond acceptors (Lipinski definition) is 4. The van der Waals surface area contributed by atoms with E-state index in [4.69, 9.17) is 16.3 Å². The van der Waals surface area contributed by atoms with Crippen LogP contribution in [-0.4, -0.2) is 34.2 Å². The molecule has 0 radical (unpaired) electrons. The van der Waals surface area contributed by atoms with E-state index in [1.54, 1.807) is 24.3 Å². The summed E-state index contributed by atoms with van der Waals surface area (Å²) in [4.78, 5) is 12.8. The second kappa shape index (κ2) is 10.6. The predicted octanol–water partition coefficient (Wildman–Crippen LogP) is 5.04. The van der Waals surface area contributed by atoms with Gasteiger partial charge in [0.05, 0.1) is 35.7 Å². The first kappa shape index (κ1) is 26.8. The molecular formula is C22H26ClF3N2O4S. The van der Waals surface area contributed by atoms with E-state index in [0.29, 0.717) is 22.5 Å². The second-order valence-electron chi connectivity index (χ2n) is 7.95. The average molecular weight is 507 g/mol. The summed E-state index contributed by atoms with van der Waals surface area (Å²) in [5, 5.41) is 2.23. The molecule has 0 heterocycles. The largest absolute Gasteiger partial charge is 0.497 e. The van der Waals surface area contributed by atoms with Crippen LogP contribution in [0.4, 0.5) is 18.9 Å². The normalized spacial score (nSPS) is 13.0. The number of ether oxygens (including phenoxy) is 1. The van der Waals surface area contributed by atoms with E-state index in [1.807, 2.05) is 13.8 Å². The maximum Gasteiger partial charge on any atom is 0.417 e. The summed E-state index contributed by atoms with van der Waals surface area (Å²) in [5.41, 5.74) is -0.713. The molecule has 0 spiro atoms. The first-order valence-electron chi connectivity index (χ1n) is 10.00. The van der Waals surface area contributed by atoms with Crippen molar-refractivity contribution in [1.82, 2.24) is 5.32 Å². The first-order valence-corrected chi connectivity index (χ1v) is 12.2. The summed E-state index contributed by atoms with van der Waals surface area (Å²) in [6, 6.07) is 9.32. The summed E-state index contributed by atoms with van der Waals surface area (Å²) in [7, 11) is -2.54. The highest BCUT2D eigenvalue weighted by Gasteiger charge is 2.34. The number of carbonyl (C=O) groups is 1. The number of hydrogen-bond donors (Lipinski definition) is 1. The number of halogens is 4. The third kappa shape index (κ3) is 7.53. The fraction of sp³-hybridized carbons (Fsp3) is 0.409. The molecule has 0 unspecified atom stereocenters. The maximum atomic E-state index is 13.2. The maximum absolute atomic E-state index is 13.2. The van der Waals surface area contributed by atoms with E-state index in [-0.39, 0.29) is 11.6 Å². The van der Waals surface area contributed by atoms with Crippen molar-refractivity contribution in [3.63, 3.8) is 0 Å². The van der Waals surface area contributed by atoms with E-state index in [2.05, 4.69) is 5.32 Å². The van der Waals surface area contributed by atoms with Crippen LogP contribution in [0.3, 0.4) is 0 Å². The van der Waals surface area contributed by atoms with Crippen LogP contribution < -0.4 is 14.4 Å². The number of sulfonamides is 1. The van der Waals surface area contributed by atoms with Crippen LogP contribution in [0.2, 0.25) is 5.02 Å². The molecule has 0 saturated carbocycles. The van der Waals surface area contributed by atoms with Crippen LogP contribution >= 0.6 is 11.6 Å². The Morgan fingerprint density at radius 2 is 1.76 bits per heavy atom. The van der Waals surface area contributed by atoms with Crippen molar-refractivity contribution in [1.29, 1.82) is 0 Å². The quantitative estimate of drug-likeness (QED) is 0.517. The Kier molecular flexibility index (Phi) is 8.64. The summed E-state index contributed by atoms with van der Waals surface area (Å²) in [6.45, 7) is 3.25. The lowest BCUT2D eigenvalue weighted by Gasteiger charge is -2.26. The summed E-state index contributed by atoms with van der Waals surface area (Å²) < 4.78 is 70.2. The summed E-state index contributed by atoms with van der Waals surface area (Å²) in [5.74, 6) is 0.180. The third-order valence-electron chi connectivity index (χ3n) is 4.79. The fourth-order valence-electron chi connectivity index (χ4n) is 3.24. The molecule has 0 bridgehead atoms. The van der Waals surface area contributed by atoms with Gasteiger partial charge in [-0.15, -0.1) is 0 Å². The van der Waals surface area contributed by atoms with Gasteiger partial charge in [-0.05, 0) is 48.2 Å². The van der Waals surface area contributed by atoms with Gasteiger partial charge in [-0.2, -0.15) is 13.2 Å². The number of nitrogens with zero attached hydrogens (tertiary/aromatic N) is 1. The van der Waals surface area contributed by atoms with E-state index in [0.717, 1.165) is 24.0 Å². The standard InChI is InChI=1S/C22H26ClF3N2O4S/c1-14(2)11-20(15-5-8-17(32-3)9-6-15)27-21(29)13-28(33(4,30)31)16-7-10-19(23)18(12-16)22(24,25)26/h5-10,12,14,20H,11,13H2,1-4H3,(H,27,29)/t20-/m0/s1. The number of nitrogens with one attached hydrogen (secondary N) is 1. The summed E-state index contributed by atoms with van der Waals surface area (Å²) >= 11 is 5.64. The monoisotopic (exact) mass is 506 g/mol. The fourth-order valence-corrected chi connectivity index (χ4v) is 4.31. The molecule has 1 N–H and O–H groups in total. The highest BCUT2D eigenvalue weighted by molar-refractivity contribution is 7.92. The van der Waals surface area contributed by atoms with Crippen LogP contribution in [0.25, 0.3) is 0 Å². The van der Waals surface area contributed by atoms with Crippen molar-refractivity contribution < 1.29 is 31.1 Å². The molecule has 0 aliphatic rings. The molecule has 182 valence electrons. The molecular weight excluding hydrogens is 481 g/mol. The number of anilines is 1. The molecule has 6 nitrogen and oxygen atoms in total. The van der Waals surface area contributed by atoms with Crippen molar-refractivity contribution in [3.8, 4) is 5.75 Å². The highest BCUT2D eigenvalue weighted by atomic mass is 35.5. The number of benzene rings is 2. The average Bonchev–Trinajstić information content (AvgIpc) is 2.70. The molecule has 0 fully saturated rings. The third-order valence-corrected chi connectivity index (χ3v) is 6.26. The van der Waals surface area contributed by atoms with E-state index in [9.17, 15) is 26.4 Å². The molecule has 1 amide bonds. The van der Waals surface area contributed by atoms with Crippen LogP contribution in [0.1, 0.15) is 37.4 Å². The van der Waals surface area contributed by atoms with Crippen LogP contribution in [0, 0.1) is 5.92 Å². The number of methoxy groups -OCH3 is 1. The first-order chi connectivity index (χ1) is 15.2. The zero-order valence-electron chi connectivity index (χ0n) is 18.6.